The van der Waals surface area contributed by atoms with Gasteiger partial charge in [0.25, 0.3) is 5.91 Å². The Morgan fingerprint density at radius 2 is 1.65 bits per heavy atom. The summed E-state index contributed by atoms with van der Waals surface area (Å²) in [5, 5.41) is 6.86. The second kappa shape index (κ2) is 11.8. The Bertz CT molecular complexity index is 1300. The smallest absolute Gasteiger partial charge is 0.255 e. The van der Waals surface area contributed by atoms with E-state index in [1.807, 2.05) is 37.3 Å². The molecule has 2 N–H and O–H groups in total. The van der Waals surface area contributed by atoms with Gasteiger partial charge in [-0.15, -0.1) is 0 Å². The van der Waals surface area contributed by atoms with Crippen LogP contribution in [0, 0.1) is 5.82 Å². The molecular weight excluding hydrogens is 493 g/mol. The first-order valence-electron chi connectivity index (χ1n) is 11.5. The van der Waals surface area contributed by atoms with E-state index < -0.39 is 6.04 Å². The van der Waals surface area contributed by atoms with E-state index in [-0.39, 0.29) is 11.7 Å². The van der Waals surface area contributed by atoms with Crippen LogP contribution in [-0.2, 0) is 10.5 Å². The van der Waals surface area contributed by atoms with E-state index in [0.717, 1.165) is 5.56 Å². The Balaban J connectivity index is 1.72. The van der Waals surface area contributed by atoms with Gasteiger partial charge in [-0.25, -0.2) is 9.38 Å². The molecule has 0 saturated heterocycles. The summed E-state index contributed by atoms with van der Waals surface area (Å²) in [5.41, 5.74) is 3.47. The van der Waals surface area contributed by atoms with Crippen molar-refractivity contribution < 1.29 is 23.4 Å². The van der Waals surface area contributed by atoms with Gasteiger partial charge in [0.15, 0.2) is 16.7 Å². The Morgan fingerprint density at radius 1 is 1.00 bits per heavy atom. The number of carbonyl (C=O) groups excluding carboxylic acids is 1. The van der Waals surface area contributed by atoms with Crippen LogP contribution in [0.25, 0.3) is 0 Å². The summed E-state index contributed by atoms with van der Waals surface area (Å²) in [6.45, 7) is 1.85. The van der Waals surface area contributed by atoms with Gasteiger partial charge in [0.05, 0.1) is 26.9 Å². The highest BCUT2D eigenvalue weighted by atomic mass is 32.2. The van der Waals surface area contributed by atoms with Crippen molar-refractivity contribution in [1.82, 2.24) is 5.32 Å². The number of ether oxygens (including phenoxy) is 3. The topological polar surface area (TPSA) is 81.2 Å². The Labute approximate surface area is 219 Å². The Morgan fingerprint density at radius 3 is 2.24 bits per heavy atom. The zero-order chi connectivity index (χ0) is 26.4. The summed E-state index contributed by atoms with van der Waals surface area (Å²) in [6.07, 6.45) is 0. The third-order valence-corrected chi connectivity index (χ3v) is 6.74. The van der Waals surface area contributed by atoms with Crippen LogP contribution in [0.2, 0.25) is 0 Å². The van der Waals surface area contributed by atoms with Crippen molar-refractivity contribution in [2.75, 3.05) is 26.6 Å². The molecule has 192 valence electrons. The minimum atomic E-state index is -0.644. The van der Waals surface area contributed by atoms with Gasteiger partial charge in [-0.2, -0.15) is 0 Å². The van der Waals surface area contributed by atoms with Gasteiger partial charge in [-0.3, -0.25) is 4.79 Å². The average Bonchev–Trinajstić information content (AvgIpc) is 2.91. The molecule has 3 aromatic carbocycles. The maximum atomic E-state index is 13.5. The Hall–Kier alpha value is -3.98. The fourth-order valence-corrected chi connectivity index (χ4v) is 4.87. The van der Waals surface area contributed by atoms with Crippen LogP contribution in [0.1, 0.15) is 24.1 Å². The van der Waals surface area contributed by atoms with Gasteiger partial charge in [0.1, 0.15) is 11.9 Å². The first-order chi connectivity index (χ1) is 17.9. The molecule has 1 aliphatic rings. The number of nitrogens with zero attached hydrogens (tertiary/aromatic N) is 1. The van der Waals surface area contributed by atoms with Gasteiger partial charge in [-0.1, -0.05) is 42.1 Å². The van der Waals surface area contributed by atoms with Gasteiger partial charge < -0.3 is 24.8 Å². The molecule has 0 unspecified atom stereocenters. The molecular formula is C28H28FN3O4S. The number of amides is 1. The molecule has 0 spiro atoms. The van der Waals surface area contributed by atoms with Crippen molar-refractivity contribution >= 4 is 28.5 Å². The summed E-state index contributed by atoms with van der Waals surface area (Å²) in [5.74, 6) is 1.40. The summed E-state index contributed by atoms with van der Waals surface area (Å²) < 4.78 is 29.9. The number of hydrogen-bond donors (Lipinski definition) is 2. The number of benzene rings is 3. The molecule has 4 rings (SSSR count). The number of methoxy groups -OCH3 is 3. The third-order valence-electron chi connectivity index (χ3n) is 5.79. The van der Waals surface area contributed by atoms with Crippen LogP contribution >= 0.6 is 11.8 Å². The van der Waals surface area contributed by atoms with Crippen molar-refractivity contribution in [1.29, 1.82) is 0 Å². The summed E-state index contributed by atoms with van der Waals surface area (Å²) in [6, 6.07) is 18.5. The SMILES string of the molecule is COc1cc([C@@H]2N=C(SCc3ccc(F)cc3)NC(C)=C2C(=O)Nc2ccccc2)cc(OC)c1OC. The van der Waals surface area contributed by atoms with E-state index in [1.54, 1.807) is 38.5 Å². The monoisotopic (exact) mass is 521 g/mol. The number of thioether (sulfide) groups is 1. The number of rotatable bonds is 8. The first-order valence-corrected chi connectivity index (χ1v) is 12.5. The van der Waals surface area contributed by atoms with Gasteiger partial charge >= 0.3 is 0 Å². The predicted octanol–water partition coefficient (Wildman–Crippen LogP) is 5.70. The molecule has 1 aliphatic heterocycles. The predicted molar refractivity (Wildman–Crippen MR) is 145 cm³/mol. The molecule has 0 fully saturated rings. The third kappa shape index (κ3) is 6.06. The van der Waals surface area contributed by atoms with Crippen molar-refractivity contribution in [2.45, 2.75) is 18.7 Å². The molecule has 7 nitrogen and oxygen atoms in total. The highest BCUT2D eigenvalue weighted by Gasteiger charge is 2.31. The largest absolute Gasteiger partial charge is 0.493 e. The summed E-state index contributed by atoms with van der Waals surface area (Å²) >= 11 is 1.47. The normalized spacial score (nSPS) is 14.9. The molecule has 0 aromatic heterocycles. The standard InChI is InChI=1S/C28H28FN3O4S/c1-17-24(27(33)31-21-8-6-5-7-9-21)25(19-14-22(34-2)26(36-4)23(15-19)35-3)32-28(30-17)37-16-18-10-12-20(29)13-11-18/h5-15,25H,16H2,1-4H3,(H,30,32)(H,31,33)/t25-/m0/s1. The molecule has 0 radical (unpaired) electrons. The zero-order valence-corrected chi connectivity index (χ0v) is 21.8. The van der Waals surface area contributed by atoms with E-state index >= 15 is 0 Å². The molecule has 3 aromatic rings. The van der Waals surface area contributed by atoms with E-state index in [2.05, 4.69) is 10.6 Å². The number of halogens is 1. The number of aliphatic imine (C=N–C) groups is 1. The maximum absolute atomic E-state index is 13.5. The number of anilines is 1. The number of allylic oxidation sites excluding steroid dienone is 1. The van der Waals surface area contributed by atoms with Crippen LogP contribution in [0.3, 0.4) is 0 Å². The quantitative estimate of drug-likeness (QED) is 0.396. The molecule has 1 heterocycles. The minimum Gasteiger partial charge on any atom is -0.493 e. The van der Waals surface area contributed by atoms with Crippen LogP contribution in [-0.4, -0.2) is 32.4 Å². The molecule has 0 saturated carbocycles. The number of hydrogen-bond acceptors (Lipinski definition) is 7. The lowest BCUT2D eigenvalue weighted by molar-refractivity contribution is -0.113. The van der Waals surface area contributed by atoms with Crippen LogP contribution in [0.4, 0.5) is 10.1 Å². The fraction of sp³-hybridized carbons (Fsp3) is 0.214. The highest BCUT2D eigenvalue weighted by Crippen LogP contribution is 2.43. The van der Waals surface area contributed by atoms with Gasteiger partial charge in [0, 0.05) is 17.1 Å². The lowest BCUT2D eigenvalue weighted by Crippen LogP contribution is -2.32. The number of carbonyl (C=O) groups is 1. The van der Waals surface area contributed by atoms with Crippen LogP contribution in [0.15, 0.2) is 83.0 Å². The second-order valence-electron chi connectivity index (χ2n) is 8.19. The summed E-state index contributed by atoms with van der Waals surface area (Å²) in [7, 11) is 4.62. The lowest BCUT2D eigenvalue weighted by Gasteiger charge is -2.27. The molecule has 1 amide bonds. The number of amidine groups is 1. The van der Waals surface area contributed by atoms with E-state index in [0.29, 0.717) is 50.7 Å². The molecule has 0 aliphatic carbocycles. The second-order valence-corrected chi connectivity index (χ2v) is 9.16. The zero-order valence-electron chi connectivity index (χ0n) is 21.0. The average molecular weight is 522 g/mol. The fourth-order valence-electron chi connectivity index (χ4n) is 3.97. The maximum Gasteiger partial charge on any atom is 0.255 e. The van der Waals surface area contributed by atoms with Crippen molar-refractivity contribution in [2.24, 2.45) is 4.99 Å². The molecule has 9 heteroatoms. The van der Waals surface area contributed by atoms with Gasteiger partial charge in [0.2, 0.25) is 5.75 Å². The Kier molecular flexibility index (Phi) is 8.35. The first kappa shape index (κ1) is 26.1. The molecule has 1 atom stereocenters. The van der Waals surface area contributed by atoms with E-state index in [1.165, 1.54) is 31.0 Å². The van der Waals surface area contributed by atoms with E-state index in [9.17, 15) is 9.18 Å². The van der Waals surface area contributed by atoms with Crippen LogP contribution < -0.4 is 24.8 Å². The van der Waals surface area contributed by atoms with E-state index in [4.69, 9.17) is 19.2 Å². The highest BCUT2D eigenvalue weighted by molar-refractivity contribution is 8.13. The van der Waals surface area contributed by atoms with Crippen molar-refractivity contribution in [3.05, 3.63) is 94.9 Å². The van der Waals surface area contributed by atoms with Crippen LogP contribution in [0.5, 0.6) is 17.2 Å². The van der Waals surface area contributed by atoms with Crippen molar-refractivity contribution in [3.63, 3.8) is 0 Å². The molecule has 37 heavy (non-hydrogen) atoms. The number of nitrogens with one attached hydrogen (secondary N) is 2. The number of para-hydroxylation sites is 1. The lowest BCUT2D eigenvalue weighted by atomic mass is 9.95. The van der Waals surface area contributed by atoms with Gasteiger partial charge in [-0.05, 0) is 54.4 Å². The molecule has 0 bridgehead atoms. The minimum absolute atomic E-state index is 0.277. The summed E-state index contributed by atoms with van der Waals surface area (Å²) in [4.78, 5) is 18.4. The van der Waals surface area contributed by atoms with Crippen molar-refractivity contribution in [3.8, 4) is 17.2 Å².